The van der Waals surface area contributed by atoms with Crippen LogP contribution in [0.25, 0.3) is 0 Å². The Kier molecular flexibility index (Phi) is 5.01. The Morgan fingerprint density at radius 2 is 2.14 bits per heavy atom. The predicted octanol–water partition coefficient (Wildman–Crippen LogP) is 1.97. The van der Waals surface area contributed by atoms with Gasteiger partial charge in [-0.3, -0.25) is 0 Å². The molecule has 1 aliphatic rings. The van der Waals surface area contributed by atoms with Gasteiger partial charge in [0.05, 0.1) is 10.6 Å². The van der Waals surface area contributed by atoms with Crippen molar-refractivity contribution in [3.8, 4) is 0 Å². The van der Waals surface area contributed by atoms with Gasteiger partial charge in [0.15, 0.2) is 9.84 Å². The van der Waals surface area contributed by atoms with Crippen molar-refractivity contribution in [2.24, 2.45) is 0 Å². The van der Waals surface area contributed by atoms with Crippen LogP contribution in [0.3, 0.4) is 0 Å². The number of sulfone groups is 1. The Labute approximate surface area is 126 Å². The lowest BCUT2D eigenvalue weighted by atomic mass is 10.0. The predicted molar refractivity (Wildman–Crippen MR) is 81.6 cm³/mol. The van der Waals surface area contributed by atoms with Crippen molar-refractivity contribution >= 4 is 9.84 Å². The summed E-state index contributed by atoms with van der Waals surface area (Å²) in [5.74, 6) is -0.275. The van der Waals surface area contributed by atoms with E-state index in [1.165, 1.54) is 18.2 Å². The third kappa shape index (κ3) is 4.02. The molecule has 0 bridgehead atoms. The molecule has 1 aliphatic heterocycles. The lowest BCUT2D eigenvalue weighted by molar-refractivity contribution is 0.344. The van der Waals surface area contributed by atoms with Crippen LogP contribution >= 0.6 is 0 Å². The summed E-state index contributed by atoms with van der Waals surface area (Å²) >= 11 is 0. The average Bonchev–Trinajstić information content (AvgIpc) is 2.39. The SMILES string of the molecule is CC(CCN(C)C)NC1CCS(=O)(=O)c2ccc(F)cc21. The fourth-order valence-corrected chi connectivity index (χ4v) is 4.27. The molecule has 0 fully saturated rings. The molecule has 2 rings (SSSR count). The van der Waals surface area contributed by atoms with Crippen LogP contribution in [0.15, 0.2) is 23.1 Å². The molecule has 118 valence electrons. The molecule has 0 spiro atoms. The molecule has 6 heteroatoms. The zero-order valence-corrected chi connectivity index (χ0v) is 13.6. The molecule has 0 amide bonds. The van der Waals surface area contributed by atoms with Crippen molar-refractivity contribution in [2.45, 2.75) is 36.7 Å². The van der Waals surface area contributed by atoms with Gasteiger partial charge in [-0.05, 0) is 64.2 Å². The molecule has 1 N–H and O–H groups in total. The van der Waals surface area contributed by atoms with Gasteiger partial charge in [0.1, 0.15) is 5.82 Å². The maximum atomic E-state index is 13.5. The lowest BCUT2D eigenvalue weighted by Gasteiger charge is -2.29. The van der Waals surface area contributed by atoms with Crippen molar-refractivity contribution in [3.05, 3.63) is 29.6 Å². The van der Waals surface area contributed by atoms with Crippen LogP contribution in [0.5, 0.6) is 0 Å². The fourth-order valence-electron chi connectivity index (χ4n) is 2.67. The normalized spacial score (nSPS) is 22.0. The molecular weight excluding hydrogens is 291 g/mol. The Morgan fingerprint density at radius 1 is 1.43 bits per heavy atom. The first kappa shape index (κ1) is 16.4. The number of nitrogens with zero attached hydrogens (tertiary/aromatic N) is 1. The fraction of sp³-hybridized carbons (Fsp3) is 0.600. The van der Waals surface area contributed by atoms with E-state index < -0.39 is 15.7 Å². The van der Waals surface area contributed by atoms with E-state index in [9.17, 15) is 12.8 Å². The molecule has 0 saturated carbocycles. The minimum absolute atomic E-state index is 0.101. The van der Waals surface area contributed by atoms with Crippen LogP contribution in [0.1, 0.15) is 31.4 Å². The molecule has 0 saturated heterocycles. The molecule has 1 aromatic carbocycles. The maximum Gasteiger partial charge on any atom is 0.178 e. The van der Waals surface area contributed by atoms with Crippen LogP contribution < -0.4 is 5.32 Å². The van der Waals surface area contributed by atoms with Gasteiger partial charge in [0.2, 0.25) is 0 Å². The van der Waals surface area contributed by atoms with Gasteiger partial charge < -0.3 is 10.2 Å². The van der Waals surface area contributed by atoms with Gasteiger partial charge in [0.25, 0.3) is 0 Å². The molecule has 21 heavy (non-hydrogen) atoms. The zero-order chi connectivity index (χ0) is 15.6. The van der Waals surface area contributed by atoms with Crippen molar-refractivity contribution in [1.29, 1.82) is 0 Å². The number of nitrogens with one attached hydrogen (secondary N) is 1. The first-order chi connectivity index (χ1) is 9.79. The molecule has 0 radical (unpaired) electrons. The second-order valence-electron chi connectivity index (χ2n) is 6.00. The van der Waals surface area contributed by atoms with Crippen LogP contribution in [0.4, 0.5) is 4.39 Å². The van der Waals surface area contributed by atoms with Crippen LogP contribution in [-0.2, 0) is 9.84 Å². The maximum absolute atomic E-state index is 13.5. The molecular formula is C15H23FN2O2S. The summed E-state index contributed by atoms with van der Waals surface area (Å²) in [5.41, 5.74) is 0.568. The standard InChI is InChI=1S/C15H23FN2O2S/c1-11(6-8-18(2)3)17-14-7-9-21(19,20)15-5-4-12(16)10-13(14)15/h4-5,10-11,14,17H,6-9H2,1-3H3. The number of rotatable bonds is 5. The van der Waals surface area contributed by atoms with Crippen LogP contribution in [0.2, 0.25) is 0 Å². The van der Waals surface area contributed by atoms with E-state index in [-0.39, 0.29) is 22.7 Å². The van der Waals surface area contributed by atoms with E-state index in [0.29, 0.717) is 12.0 Å². The monoisotopic (exact) mass is 314 g/mol. The van der Waals surface area contributed by atoms with Crippen molar-refractivity contribution in [2.75, 3.05) is 26.4 Å². The van der Waals surface area contributed by atoms with Crippen LogP contribution in [0, 0.1) is 5.82 Å². The van der Waals surface area contributed by atoms with E-state index in [1.54, 1.807) is 0 Å². The first-order valence-corrected chi connectivity index (χ1v) is 8.88. The number of hydrogen-bond acceptors (Lipinski definition) is 4. The van der Waals surface area contributed by atoms with Gasteiger partial charge in [-0.25, -0.2) is 12.8 Å². The van der Waals surface area contributed by atoms with E-state index >= 15 is 0 Å². The molecule has 4 nitrogen and oxygen atoms in total. The number of fused-ring (bicyclic) bond motifs is 1. The third-order valence-corrected chi connectivity index (χ3v) is 5.67. The minimum atomic E-state index is -3.27. The molecule has 1 aromatic rings. The largest absolute Gasteiger partial charge is 0.309 e. The van der Waals surface area contributed by atoms with Gasteiger partial charge in [0, 0.05) is 12.1 Å². The van der Waals surface area contributed by atoms with E-state index in [4.69, 9.17) is 0 Å². The molecule has 1 heterocycles. The molecule has 0 aromatic heterocycles. The summed E-state index contributed by atoms with van der Waals surface area (Å²) in [7, 11) is 0.769. The van der Waals surface area contributed by atoms with Gasteiger partial charge in [-0.2, -0.15) is 0 Å². The van der Waals surface area contributed by atoms with Gasteiger partial charge >= 0.3 is 0 Å². The first-order valence-electron chi connectivity index (χ1n) is 7.22. The summed E-state index contributed by atoms with van der Waals surface area (Å²) in [6.07, 6.45) is 1.45. The number of halogens is 1. The van der Waals surface area contributed by atoms with Crippen molar-refractivity contribution in [3.63, 3.8) is 0 Å². The van der Waals surface area contributed by atoms with Crippen LogP contribution in [-0.4, -0.2) is 45.8 Å². The van der Waals surface area contributed by atoms with Gasteiger partial charge in [-0.15, -0.1) is 0 Å². The topological polar surface area (TPSA) is 49.4 Å². The van der Waals surface area contributed by atoms with Gasteiger partial charge in [-0.1, -0.05) is 0 Å². The van der Waals surface area contributed by atoms with E-state index in [1.807, 2.05) is 14.1 Å². The third-order valence-electron chi connectivity index (χ3n) is 3.85. The highest BCUT2D eigenvalue weighted by molar-refractivity contribution is 7.91. The molecule has 2 unspecified atom stereocenters. The van der Waals surface area contributed by atoms with Crippen molar-refractivity contribution < 1.29 is 12.8 Å². The van der Waals surface area contributed by atoms with Crippen molar-refractivity contribution in [1.82, 2.24) is 10.2 Å². The highest BCUT2D eigenvalue weighted by atomic mass is 32.2. The quantitative estimate of drug-likeness (QED) is 0.844. The van der Waals surface area contributed by atoms with E-state index in [2.05, 4.69) is 17.1 Å². The lowest BCUT2D eigenvalue weighted by Crippen LogP contribution is -2.36. The Morgan fingerprint density at radius 3 is 2.81 bits per heavy atom. The highest BCUT2D eigenvalue weighted by Crippen LogP contribution is 2.33. The zero-order valence-electron chi connectivity index (χ0n) is 12.8. The smallest absolute Gasteiger partial charge is 0.178 e. The summed E-state index contributed by atoms with van der Waals surface area (Å²) < 4.78 is 37.6. The second-order valence-corrected chi connectivity index (χ2v) is 8.08. The summed E-state index contributed by atoms with van der Waals surface area (Å²) in [6.45, 7) is 3.03. The molecule has 2 atom stereocenters. The second kappa shape index (κ2) is 6.42. The summed E-state index contributed by atoms with van der Waals surface area (Å²) in [5, 5.41) is 3.44. The summed E-state index contributed by atoms with van der Waals surface area (Å²) in [4.78, 5) is 2.38. The van der Waals surface area contributed by atoms with E-state index in [0.717, 1.165) is 13.0 Å². The Bertz CT molecular complexity index is 602. The Hall–Kier alpha value is -0.980. The number of hydrogen-bond donors (Lipinski definition) is 1. The summed E-state index contributed by atoms with van der Waals surface area (Å²) in [6, 6.07) is 4.10. The average molecular weight is 314 g/mol. The number of benzene rings is 1. The Balaban J connectivity index is 2.18. The minimum Gasteiger partial charge on any atom is -0.309 e. The molecule has 0 aliphatic carbocycles. The highest BCUT2D eigenvalue weighted by Gasteiger charge is 2.31.